The Bertz CT molecular complexity index is 985. The number of imidazole rings is 1. The maximum absolute atomic E-state index is 9.52. The zero-order valence-electron chi connectivity index (χ0n) is 16.5. The summed E-state index contributed by atoms with van der Waals surface area (Å²) in [6.45, 7) is 0.924. The smallest absolute Gasteiger partial charge is 0.175 e. The summed E-state index contributed by atoms with van der Waals surface area (Å²) in [5.41, 5.74) is 3.52. The molecule has 29 heavy (non-hydrogen) atoms. The average Bonchev–Trinajstić information content (AvgIpc) is 3.42. The number of H-pyrrole nitrogens is 1. The van der Waals surface area contributed by atoms with Gasteiger partial charge in [-0.25, -0.2) is 4.98 Å². The molecule has 0 saturated heterocycles. The van der Waals surface area contributed by atoms with Crippen LogP contribution >= 0.6 is 0 Å². The molecule has 2 aromatic heterocycles. The van der Waals surface area contributed by atoms with Crippen LogP contribution < -0.4 is 5.32 Å². The van der Waals surface area contributed by atoms with Crippen LogP contribution in [0, 0.1) is 11.8 Å². The summed E-state index contributed by atoms with van der Waals surface area (Å²) < 4.78 is 7.64. The zero-order valence-corrected chi connectivity index (χ0v) is 16.5. The number of allylic oxidation sites excluding steroid dienone is 2. The van der Waals surface area contributed by atoms with Crippen LogP contribution in [0.15, 0.2) is 47.2 Å². The molecule has 0 saturated carbocycles. The number of aliphatic hydroxyl groups excluding tert-OH is 1. The van der Waals surface area contributed by atoms with E-state index < -0.39 is 0 Å². The third-order valence-electron chi connectivity index (χ3n) is 6.25. The van der Waals surface area contributed by atoms with Crippen molar-refractivity contribution in [2.45, 2.75) is 38.3 Å². The van der Waals surface area contributed by atoms with Crippen molar-refractivity contribution in [2.24, 2.45) is 16.8 Å². The van der Waals surface area contributed by atoms with Gasteiger partial charge >= 0.3 is 0 Å². The molecule has 3 aliphatic rings. The van der Waals surface area contributed by atoms with Crippen LogP contribution in [0.5, 0.6) is 0 Å². The number of fused-ring (bicyclic) bond motifs is 2. The molecule has 0 aromatic carbocycles. The molecule has 3 heterocycles. The van der Waals surface area contributed by atoms with Crippen LogP contribution in [-0.2, 0) is 24.1 Å². The second-order valence-corrected chi connectivity index (χ2v) is 7.98. The van der Waals surface area contributed by atoms with Crippen LogP contribution in [0.3, 0.4) is 0 Å². The molecule has 0 bridgehead atoms. The molecule has 8 heteroatoms. The minimum absolute atomic E-state index is 0.0134. The molecule has 0 amide bonds. The van der Waals surface area contributed by atoms with Crippen LogP contribution in [0.4, 0.5) is 0 Å². The number of aryl methyl sites for hydroxylation is 1. The molecule has 0 radical (unpaired) electrons. The van der Waals surface area contributed by atoms with Gasteiger partial charge in [-0.1, -0.05) is 6.08 Å². The Morgan fingerprint density at radius 1 is 1.41 bits per heavy atom. The van der Waals surface area contributed by atoms with Gasteiger partial charge in [-0.3, -0.25) is 10.1 Å². The van der Waals surface area contributed by atoms with Gasteiger partial charge in [-0.15, -0.1) is 0 Å². The van der Waals surface area contributed by atoms with Crippen molar-refractivity contribution >= 4 is 5.84 Å². The Labute approximate surface area is 169 Å². The van der Waals surface area contributed by atoms with E-state index in [1.54, 1.807) is 7.11 Å². The van der Waals surface area contributed by atoms with Gasteiger partial charge in [0.15, 0.2) is 11.7 Å². The van der Waals surface area contributed by atoms with Crippen LogP contribution in [0.25, 0.3) is 0 Å². The van der Waals surface area contributed by atoms with Gasteiger partial charge in [-0.05, 0) is 43.2 Å². The summed E-state index contributed by atoms with van der Waals surface area (Å²) in [6.07, 6.45) is 13.7. The fourth-order valence-corrected chi connectivity index (χ4v) is 4.58. The SMILES string of the molecule is COC1=CC(NC2=NC(C3CCc4cn[nH]c4C3)Cn3ccnc32)=CCC1CO. The van der Waals surface area contributed by atoms with Crippen LogP contribution in [0.2, 0.25) is 0 Å². The Hall–Kier alpha value is -2.87. The van der Waals surface area contributed by atoms with E-state index in [0.29, 0.717) is 5.92 Å². The first-order chi connectivity index (χ1) is 14.2. The van der Waals surface area contributed by atoms with Crippen molar-refractivity contribution in [1.82, 2.24) is 25.1 Å². The fourth-order valence-electron chi connectivity index (χ4n) is 4.58. The molecular formula is C21H26N6O2. The summed E-state index contributed by atoms with van der Waals surface area (Å²) in [6, 6.07) is 0.191. The molecule has 3 unspecified atom stereocenters. The van der Waals surface area contributed by atoms with Gasteiger partial charge < -0.3 is 19.7 Å². The normalized spacial score (nSPS) is 26.0. The van der Waals surface area contributed by atoms with E-state index in [4.69, 9.17) is 9.73 Å². The van der Waals surface area contributed by atoms with E-state index in [0.717, 1.165) is 55.3 Å². The third-order valence-corrected chi connectivity index (χ3v) is 6.25. The monoisotopic (exact) mass is 394 g/mol. The van der Waals surface area contributed by atoms with Gasteiger partial charge in [0.25, 0.3) is 0 Å². The minimum Gasteiger partial charge on any atom is -0.501 e. The van der Waals surface area contributed by atoms with Gasteiger partial charge in [0.05, 0.1) is 26.0 Å². The highest BCUT2D eigenvalue weighted by molar-refractivity contribution is 5.97. The first-order valence-electron chi connectivity index (χ1n) is 10.2. The quantitative estimate of drug-likeness (QED) is 0.731. The minimum atomic E-state index is 0.0134. The predicted octanol–water partition coefficient (Wildman–Crippen LogP) is 1.56. The first kappa shape index (κ1) is 18.2. The number of aromatic nitrogens is 4. The molecular weight excluding hydrogens is 368 g/mol. The van der Waals surface area contributed by atoms with Crippen molar-refractivity contribution in [3.63, 3.8) is 0 Å². The Morgan fingerprint density at radius 2 is 2.34 bits per heavy atom. The highest BCUT2D eigenvalue weighted by atomic mass is 16.5. The number of ether oxygens (including phenoxy) is 1. The number of nitrogens with one attached hydrogen (secondary N) is 2. The number of methoxy groups -OCH3 is 1. The molecule has 0 fully saturated rings. The second kappa shape index (κ2) is 7.51. The van der Waals surface area contributed by atoms with E-state index in [1.165, 1.54) is 11.3 Å². The van der Waals surface area contributed by atoms with Crippen LogP contribution in [0.1, 0.15) is 29.9 Å². The number of aliphatic imine (C=N–C) groups is 1. The van der Waals surface area contributed by atoms with Gasteiger partial charge in [0.2, 0.25) is 0 Å². The first-order valence-corrected chi connectivity index (χ1v) is 10.2. The summed E-state index contributed by atoms with van der Waals surface area (Å²) in [4.78, 5) is 9.60. The van der Waals surface area contributed by atoms with Crippen molar-refractivity contribution in [1.29, 1.82) is 0 Å². The lowest BCUT2D eigenvalue weighted by Crippen LogP contribution is -2.39. The molecule has 2 aromatic rings. The fraction of sp³-hybridized carbons (Fsp3) is 0.476. The van der Waals surface area contributed by atoms with Gasteiger partial charge in [-0.2, -0.15) is 5.10 Å². The van der Waals surface area contributed by atoms with Gasteiger partial charge in [0, 0.05) is 36.2 Å². The van der Waals surface area contributed by atoms with E-state index in [2.05, 4.69) is 31.1 Å². The number of hydrogen-bond acceptors (Lipinski definition) is 6. The Balaban J connectivity index is 1.39. The standard InChI is InChI=1S/C21H26N6O2/c1-29-19-9-16(5-4-15(19)12-28)24-20-21-22-6-7-27(21)11-18(25-20)13-2-3-14-10-23-26-17(14)8-13/h5-7,9-10,13,15,18,28H,2-4,8,11-12H2,1H3,(H,23,26)(H,24,25). The molecule has 3 N–H and O–H groups in total. The molecule has 0 spiro atoms. The van der Waals surface area contributed by atoms with E-state index in [9.17, 15) is 5.11 Å². The Morgan fingerprint density at radius 3 is 3.21 bits per heavy atom. The van der Waals surface area contributed by atoms with E-state index in [1.807, 2.05) is 24.7 Å². The zero-order chi connectivity index (χ0) is 19.8. The number of hydrogen-bond donors (Lipinski definition) is 3. The predicted molar refractivity (Wildman–Crippen MR) is 108 cm³/mol. The number of rotatable bonds is 4. The summed E-state index contributed by atoms with van der Waals surface area (Å²) >= 11 is 0. The van der Waals surface area contributed by atoms with E-state index in [-0.39, 0.29) is 18.6 Å². The van der Waals surface area contributed by atoms with Crippen molar-refractivity contribution < 1.29 is 9.84 Å². The molecule has 2 aliphatic carbocycles. The van der Waals surface area contributed by atoms with Gasteiger partial charge in [0.1, 0.15) is 5.76 Å². The topological polar surface area (TPSA) is 100 Å². The van der Waals surface area contributed by atoms with Crippen molar-refractivity contribution in [3.8, 4) is 0 Å². The second-order valence-electron chi connectivity index (χ2n) is 7.98. The summed E-state index contributed by atoms with van der Waals surface area (Å²) in [7, 11) is 1.64. The number of aromatic amines is 1. The van der Waals surface area contributed by atoms with Crippen LogP contribution in [-0.4, -0.2) is 50.4 Å². The van der Waals surface area contributed by atoms with Crippen molar-refractivity contribution in [2.75, 3.05) is 13.7 Å². The number of aliphatic hydroxyl groups is 1. The maximum atomic E-state index is 9.52. The lowest BCUT2D eigenvalue weighted by Gasteiger charge is -2.32. The third kappa shape index (κ3) is 3.37. The molecule has 5 rings (SSSR count). The summed E-state index contributed by atoms with van der Waals surface area (Å²) in [5.74, 6) is 2.92. The maximum Gasteiger partial charge on any atom is 0.175 e. The highest BCUT2D eigenvalue weighted by Crippen LogP contribution is 2.30. The number of amidine groups is 1. The molecule has 1 aliphatic heterocycles. The Kier molecular flexibility index (Phi) is 4.71. The average molecular weight is 394 g/mol. The molecule has 152 valence electrons. The molecule has 3 atom stereocenters. The molecule has 8 nitrogen and oxygen atoms in total. The highest BCUT2D eigenvalue weighted by Gasteiger charge is 2.32. The van der Waals surface area contributed by atoms with Crippen molar-refractivity contribution in [3.05, 3.63) is 59.3 Å². The van der Waals surface area contributed by atoms with E-state index >= 15 is 0 Å². The summed E-state index contributed by atoms with van der Waals surface area (Å²) in [5, 5.41) is 20.3. The lowest BCUT2D eigenvalue weighted by atomic mass is 9.83. The number of nitrogens with zero attached hydrogens (tertiary/aromatic N) is 4. The largest absolute Gasteiger partial charge is 0.501 e. The lowest BCUT2D eigenvalue weighted by molar-refractivity contribution is 0.174.